The molecule has 20 heavy (non-hydrogen) atoms. The molecule has 0 fully saturated rings. The Bertz CT molecular complexity index is 638. The van der Waals surface area contributed by atoms with Crippen LogP contribution >= 0.6 is 15.9 Å². The maximum Gasteiger partial charge on any atom is 0.290 e. The van der Waals surface area contributed by atoms with E-state index in [2.05, 4.69) is 22.0 Å². The first-order valence-corrected chi connectivity index (χ1v) is 7.34. The van der Waals surface area contributed by atoms with Gasteiger partial charge in [0.2, 0.25) is 0 Å². The molecular weight excluding hydrogens is 320 g/mol. The van der Waals surface area contributed by atoms with Crippen LogP contribution in [0.3, 0.4) is 0 Å². The lowest BCUT2D eigenvalue weighted by molar-refractivity contribution is 0.0633. The average molecular weight is 335 g/mol. The fourth-order valence-corrected chi connectivity index (χ4v) is 3.03. The average Bonchev–Trinajstić information content (AvgIpc) is 2.91. The van der Waals surface area contributed by atoms with Crippen LogP contribution in [0, 0.1) is 0 Å². The molecule has 0 saturated carbocycles. The Morgan fingerprint density at radius 2 is 2.15 bits per heavy atom. The van der Waals surface area contributed by atoms with Crippen LogP contribution in [0.15, 0.2) is 45.5 Å². The van der Waals surface area contributed by atoms with E-state index < -0.39 is 0 Å². The highest BCUT2D eigenvalue weighted by Crippen LogP contribution is 2.30. The topological polar surface area (TPSA) is 59.5 Å². The molecule has 0 saturated heterocycles. The van der Waals surface area contributed by atoms with E-state index in [0.717, 1.165) is 12.0 Å². The lowest BCUT2D eigenvalue weighted by Gasteiger charge is -2.36. The predicted octanol–water partition coefficient (Wildman–Crippen LogP) is 2.74. The molecular formula is C15H15BrN2O2. The third-order valence-electron chi connectivity index (χ3n) is 3.68. The summed E-state index contributed by atoms with van der Waals surface area (Å²) in [5.74, 6) is 0.232. The molecule has 0 radical (unpaired) electrons. The van der Waals surface area contributed by atoms with Crippen molar-refractivity contribution in [3.8, 4) is 0 Å². The first-order valence-electron chi connectivity index (χ1n) is 6.55. The molecule has 4 nitrogen and oxygen atoms in total. The van der Waals surface area contributed by atoms with E-state index in [9.17, 15) is 4.79 Å². The van der Waals surface area contributed by atoms with Gasteiger partial charge in [-0.05, 0) is 45.6 Å². The van der Waals surface area contributed by atoms with Gasteiger partial charge < -0.3 is 15.1 Å². The van der Waals surface area contributed by atoms with Gasteiger partial charge in [0.1, 0.15) is 0 Å². The lowest BCUT2D eigenvalue weighted by atomic mass is 9.92. The maximum atomic E-state index is 12.5. The Morgan fingerprint density at radius 3 is 2.85 bits per heavy atom. The van der Waals surface area contributed by atoms with Crippen molar-refractivity contribution in [1.29, 1.82) is 0 Å². The van der Waals surface area contributed by atoms with Crippen molar-refractivity contribution in [1.82, 2.24) is 4.90 Å². The molecule has 0 spiro atoms. The molecule has 104 valence electrons. The Hall–Kier alpha value is -1.59. The van der Waals surface area contributed by atoms with Crippen molar-refractivity contribution in [2.24, 2.45) is 5.73 Å². The van der Waals surface area contributed by atoms with Gasteiger partial charge >= 0.3 is 0 Å². The van der Waals surface area contributed by atoms with Gasteiger partial charge in [-0.3, -0.25) is 4.79 Å². The summed E-state index contributed by atoms with van der Waals surface area (Å²) in [7, 11) is 0. The highest BCUT2D eigenvalue weighted by atomic mass is 79.9. The molecule has 1 unspecified atom stereocenters. The van der Waals surface area contributed by atoms with Crippen molar-refractivity contribution in [3.05, 3.63) is 58.0 Å². The first-order chi connectivity index (χ1) is 9.70. The van der Waals surface area contributed by atoms with Crippen molar-refractivity contribution in [2.45, 2.75) is 12.5 Å². The standard InChI is InChI=1S/C15H15BrN2O2/c16-14-6-5-13(20-14)15(19)18-8-7-10-3-1-2-4-11(10)12(18)9-17/h1-6,12H,7-9,17H2. The van der Waals surface area contributed by atoms with Crippen molar-refractivity contribution in [3.63, 3.8) is 0 Å². The zero-order chi connectivity index (χ0) is 14.1. The fraction of sp³-hybridized carbons (Fsp3) is 0.267. The molecule has 1 aliphatic heterocycles. The van der Waals surface area contributed by atoms with Gasteiger partial charge in [-0.1, -0.05) is 24.3 Å². The van der Waals surface area contributed by atoms with Gasteiger partial charge in [-0.2, -0.15) is 0 Å². The maximum absolute atomic E-state index is 12.5. The number of fused-ring (bicyclic) bond motifs is 1. The third kappa shape index (κ3) is 2.27. The number of hydrogen-bond acceptors (Lipinski definition) is 3. The minimum absolute atomic E-state index is 0.0867. The number of rotatable bonds is 2. The minimum atomic E-state index is -0.111. The van der Waals surface area contributed by atoms with Crippen LogP contribution in [0.4, 0.5) is 0 Å². The second kappa shape index (κ2) is 5.42. The number of carbonyl (C=O) groups is 1. The van der Waals surface area contributed by atoms with E-state index in [1.165, 1.54) is 5.56 Å². The summed E-state index contributed by atoms with van der Waals surface area (Å²) < 4.78 is 5.92. The highest BCUT2D eigenvalue weighted by Gasteiger charge is 2.31. The second-order valence-corrected chi connectivity index (χ2v) is 5.58. The Labute approximate surface area is 125 Å². The van der Waals surface area contributed by atoms with E-state index in [4.69, 9.17) is 10.2 Å². The minimum Gasteiger partial charge on any atom is -0.444 e. The van der Waals surface area contributed by atoms with Gasteiger partial charge in [-0.15, -0.1) is 0 Å². The van der Waals surface area contributed by atoms with E-state index in [1.807, 2.05) is 18.2 Å². The van der Waals surface area contributed by atoms with Gasteiger partial charge in [-0.25, -0.2) is 0 Å². The number of amides is 1. The summed E-state index contributed by atoms with van der Waals surface area (Å²) in [5, 5.41) is 0. The summed E-state index contributed by atoms with van der Waals surface area (Å²) in [6.07, 6.45) is 0.848. The number of nitrogens with two attached hydrogens (primary N) is 1. The van der Waals surface area contributed by atoms with Crippen LogP contribution < -0.4 is 5.73 Å². The second-order valence-electron chi connectivity index (χ2n) is 4.80. The smallest absolute Gasteiger partial charge is 0.290 e. The molecule has 1 atom stereocenters. The van der Waals surface area contributed by atoms with E-state index in [1.54, 1.807) is 17.0 Å². The Balaban J connectivity index is 1.93. The van der Waals surface area contributed by atoms with E-state index >= 15 is 0 Å². The van der Waals surface area contributed by atoms with Gasteiger partial charge in [0, 0.05) is 13.1 Å². The van der Waals surface area contributed by atoms with Crippen LogP contribution in [-0.2, 0) is 6.42 Å². The van der Waals surface area contributed by atoms with Crippen LogP contribution in [0.25, 0.3) is 0 Å². The van der Waals surface area contributed by atoms with Crippen molar-refractivity contribution >= 4 is 21.8 Å². The Morgan fingerprint density at radius 1 is 1.35 bits per heavy atom. The quantitative estimate of drug-likeness (QED) is 0.918. The summed E-state index contributed by atoms with van der Waals surface area (Å²) >= 11 is 3.22. The van der Waals surface area contributed by atoms with Crippen LogP contribution in [0.5, 0.6) is 0 Å². The summed E-state index contributed by atoms with van der Waals surface area (Å²) in [6, 6.07) is 11.5. The monoisotopic (exact) mass is 334 g/mol. The van der Waals surface area contributed by atoms with Gasteiger partial charge in [0.25, 0.3) is 5.91 Å². The summed E-state index contributed by atoms with van der Waals surface area (Å²) in [5.41, 5.74) is 8.31. The number of nitrogens with zero attached hydrogens (tertiary/aromatic N) is 1. The Kier molecular flexibility index (Phi) is 3.63. The highest BCUT2D eigenvalue weighted by molar-refractivity contribution is 9.10. The normalized spacial score (nSPS) is 17.9. The molecule has 0 aliphatic carbocycles. The third-order valence-corrected chi connectivity index (χ3v) is 4.11. The molecule has 2 heterocycles. The zero-order valence-corrected chi connectivity index (χ0v) is 12.5. The predicted molar refractivity (Wildman–Crippen MR) is 79.4 cm³/mol. The van der Waals surface area contributed by atoms with Crippen LogP contribution in [0.2, 0.25) is 0 Å². The number of hydrogen-bond donors (Lipinski definition) is 1. The number of carbonyl (C=O) groups excluding carboxylic acids is 1. The van der Waals surface area contributed by atoms with Crippen LogP contribution in [-0.4, -0.2) is 23.9 Å². The van der Waals surface area contributed by atoms with Crippen LogP contribution in [0.1, 0.15) is 27.7 Å². The van der Waals surface area contributed by atoms with Crippen molar-refractivity contribution in [2.75, 3.05) is 13.1 Å². The molecule has 1 aromatic carbocycles. The molecule has 3 rings (SSSR count). The van der Waals surface area contributed by atoms with Gasteiger partial charge in [0.15, 0.2) is 10.4 Å². The first kappa shape index (κ1) is 13.4. The summed E-state index contributed by atoms with van der Waals surface area (Å²) in [6.45, 7) is 1.07. The zero-order valence-electron chi connectivity index (χ0n) is 10.9. The van der Waals surface area contributed by atoms with E-state index in [0.29, 0.717) is 23.5 Å². The summed E-state index contributed by atoms with van der Waals surface area (Å²) in [4.78, 5) is 14.3. The molecule has 1 amide bonds. The van der Waals surface area contributed by atoms with E-state index in [-0.39, 0.29) is 11.9 Å². The van der Waals surface area contributed by atoms with Crippen molar-refractivity contribution < 1.29 is 9.21 Å². The molecule has 1 aromatic heterocycles. The molecule has 5 heteroatoms. The fourth-order valence-electron chi connectivity index (χ4n) is 2.72. The molecule has 0 bridgehead atoms. The SMILES string of the molecule is NCC1c2ccccc2CCN1C(=O)c1ccc(Br)o1. The number of furan rings is 1. The number of benzene rings is 1. The molecule has 2 N–H and O–H groups in total. The molecule has 2 aromatic rings. The number of halogens is 1. The largest absolute Gasteiger partial charge is 0.444 e. The van der Waals surface area contributed by atoms with Gasteiger partial charge in [0.05, 0.1) is 6.04 Å². The molecule has 1 aliphatic rings. The lowest BCUT2D eigenvalue weighted by Crippen LogP contribution is -2.43.